The molecular formula is C41H62N4O12Si2. The van der Waals surface area contributed by atoms with Crippen LogP contribution < -0.4 is 28.7 Å². The normalized spacial score (nSPS) is 23.4. The first kappa shape index (κ1) is 44.8. The number of carbonyl (C=O) groups excluding carboxylic acids is 3. The van der Waals surface area contributed by atoms with Gasteiger partial charge in [-0.15, -0.1) is 0 Å². The van der Waals surface area contributed by atoms with Crippen LogP contribution in [0.2, 0.25) is 51.4 Å². The van der Waals surface area contributed by atoms with Gasteiger partial charge in [0.05, 0.1) is 62.6 Å². The van der Waals surface area contributed by atoms with Crippen molar-refractivity contribution in [3.8, 4) is 23.0 Å². The van der Waals surface area contributed by atoms with E-state index in [9.17, 15) is 29.7 Å². The van der Waals surface area contributed by atoms with Gasteiger partial charge >= 0.3 is 0 Å². The first-order valence-electron chi connectivity index (χ1n) is 20.5. The van der Waals surface area contributed by atoms with Crippen LogP contribution in [-0.4, -0.2) is 150 Å². The third-order valence-electron chi connectivity index (χ3n) is 11.2. The van der Waals surface area contributed by atoms with E-state index in [0.29, 0.717) is 59.6 Å². The molecule has 0 bridgehead atoms. The fourth-order valence-corrected chi connectivity index (χ4v) is 9.32. The third-order valence-corrected chi connectivity index (χ3v) is 14.6. The quantitative estimate of drug-likeness (QED) is 0.146. The van der Waals surface area contributed by atoms with Gasteiger partial charge in [-0.1, -0.05) is 39.3 Å². The number of carbonyl (C=O) groups is 3. The second kappa shape index (κ2) is 18.5. The van der Waals surface area contributed by atoms with Gasteiger partial charge in [0.15, 0.2) is 23.0 Å². The first-order valence-corrected chi connectivity index (χ1v) is 27.9. The molecule has 0 aliphatic carbocycles. The minimum absolute atomic E-state index is 0.0223. The minimum Gasteiger partial charge on any atom is -0.493 e. The first-order chi connectivity index (χ1) is 27.9. The molecule has 4 aliphatic rings. The Hall–Kier alpha value is -3.76. The number of ether oxygens (including phenoxy) is 6. The van der Waals surface area contributed by atoms with E-state index >= 15 is 0 Å². The molecular weight excluding hydrogens is 797 g/mol. The molecule has 0 saturated carbocycles. The molecule has 2 aromatic carbocycles. The summed E-state index contributed by atoms with van der Waals surface area (Å²) in [4.78, 5) is 47.8. The smallest absolute Gasteiger partial charge is 0.256 e. The molecule has 0 spiro atoms. The zero-order chi connectivity index (χ0) is 42.8. The highest BCUT2D eigenvalue weighted by molar-refractivity contribution is 6.76. The standard InChI is InChI=1S/C41H62N4O12Si2/c1-52-34-18-28-30(44(24-54-12-14-58(3,4)5)40(50)32-16-26(46)22-42(32)38(28)48)20-36(34)56-10-9-11-57-37-21-31-29(19-35(37)53-2)39(49)43-23-27(47)17-33(43)41(51)45(31)25-55-13-15-59(6,7)8/h18-21,26-27,32-33,38,46-48H,9-17,22-25H2,1-8H3/t26-,27-,32+,33+,38?/m1/s1. The van der Waals surface area contributed by atoms with Crippen LogP contribution in [0.15, 0.2) is 24.3 Å². The molecule has 4 heterocycles. The van der Waals surface area contributed by atoms with Gasteiger partial charge < -0.3 is 48.6 Å². The summed E-state index contributed by atoms with van der Waals surface area (Å²) in [6.45, 7) is 14.9. The molecule has 2 fully saturated rings. The van der Waals surface area contributed by atoms with Gasteiger partial charge in [0.2, 0.25) is 5.91 Å². The molecule has 326 valence electrons. The highest BCUT2D eigenvalue weighted by Gasteiger charge is 2.47. The van der Waals surface area contributed by atoms with Crippen LogP contribution in [0.3, 0.4) is 0 Å². The predicted molar refractivity (Wildman–Crippen MR) is 226 cm³/mol. The number of methoxy groups -OCH3 is 2. The van der Waals surface area contributed by atoms with E-state index in [4.69, 9.17) is 28.4 Å². The number of hydrogen-bond donors (Lipinski definition) is 3. The van der Waals surface area contributed by atoms with Gasteiger partial charge in [-0.05, 0) is 30.6 Å². The van der Waals surface area contributed by atoms with Crippen molar-refractivity contribution in [3.63, 3.8) is 0 Å². The summed E-state index contributed by atoms with van der Waals surface area (Å²) >= 11 is 0. The molecule has 18 heteroatoms. The number of hydrogen-bond acceptors (Lipinski definition) is 13. The molecule has 16 nitrogen and oxygen atoms in total. The van der Waals surface area contributed by atoms with Crippen molar-refractivity contribution in [2.24, 2.45) is 0 Å². The van der Waals surface area contributed by atoms with Gasteiger partial charge in [-0.3, -0.25) is 29.1 Å². The van der Waals surface area contributed by atoms with Crippen molar-refractivity contribution in [1.29, 1.82) is 0 Å². The minimum atomic E-state index is -1.41. The van der Waals surface area contributed by atoms with E-state index in [1.807, 2.05) is 0 Å². The number of benzene rings is 2. The fraction of sp³-hybridized carbons (Fsp3) is 0.634. The molecule has 1 unspecified atom stereocenters. The average molecular weight is 859 g/mol. The fourth-order valence-electron chi connectivity index (χ4n) is 7.81. The van der Waals surface area contributed by atoms with Crippen molar-refractivity contribution in [2.45, 2.75) is 101 Å². The predicted octanol–water partition coefficient (Wildman–Crippen LogP) is 3.87. The van der Waals surface area contributed by atoms with Crippen molar-refractivity contribution in [3.05, 3.63) is 35.4 Å². The third kappa shape index (κ3) is 10.2. The van der Waals surface area contributed by atoms with Gasteiger partial charge in [0, 0.05) is 73.0 Å². The number of nitrogens with zero attached hydrogens (tertiary/aromatic N) is 4. The van der Waals surface area contributed by atoms with Crippen LogP contribution in [0.1, 0.15) is 41.4 Å². The molecule has 2 saturated heterocycles. The Morgan fingerprint density at radius 3 is 1.73 bits per heavy atom. The molecule has 3 N–H and O–H groups in total. The van der Waals surface area contributed by atoms with Crippen molar-refractivity contribution in [1.82, 2.24) is 9.80 Å². The highest BCUT2D eigenvalue weighted by atomic mass is 28.3. The molecule has 4 aliphatic heterocycles. The SMILES string of the molecule is COc1cc2c(cc1OCCCOc1cc3c(cc1OC)C(O)N1C[C@H](O)C[C@H]1C(=O)N3COCC[Si](C)(C)C)N(COCC[Si](C)(C)C)C(=O)[C@@H]1C[C@@H](O)CN1C2=O. The number of fused-ring (bicyclic) bond motifs is 4. The van der Waals surface area contributed by atoms with E-state index in [1.165, 1.54) is 28.9 Å². The summed E-state index contributed by atoms with van der Waals surface area (Å²) < 4.78 is 35.9. The molecule has 0 aromatic heterocycles. The average Bonchev–Trinajstić information content (AvgIpc) is 3.74. The van der Waals surface area contributed by atoms with Crippen molar-refractivity contribution in [2.75, 3.05) is 77.0 Å². The Morgan fingerprint density at radius 2 is 1.15 bits per heavy atom. The lowest BCUT2D eigenvalue weighted by atomic mass is 10.1. The monoisotopic (exact) mass is 858 g/mol. The van der Waals surface area contributed by atoms with Crippen molar-refractivity contribution >= 4 is 45.2 Å². The van der Waals surface area contributed by atoms with Crippen LogP contribution in [-0.2, 0) is 19.1 Å². The number of aliphatic hydroxyl groups is 3. The number of anilines is 2. The lowest BCUT2D eigenvalue weighted by molar-refractivity contribution is -0.127. The Balaban J connectivity index is 1.18. The van der Waals surface area contributed by atoms with Crippen LogP contribution in [0.4, 0.5) is 11.4 Å². The molecule has 0 radical (unpaired) electrons. The van der Waals surface area contributed by atoms with Crippen LogP contribution in [0.25, 0.3) is 0 Å². The Morgan fingerprint density at radius 1 is 0.644 bits per heavy atom. The highest BCUT2D eigenvalue weighted by Crippen LogP contribution is 2.44. The Kier molecular flexibility index (Phi) is 14.0. The van der Waals surface area contributed by atoms with Gasteiger partial charge in [-0.2, -0.15) is 0 Å². The van der Waals surface area contributed by atoms with Crippen LogP contribution >= 0.6 is 0 Å². The van der Waals surface area contributed by atoms with Gasteiger partial charge in [0.25, 0.3) is 11.8 Å². The lowest BCUT2D eigenvalue weighted by Gasteiger charge is -2.27. The molecule has 5 atom stereocenters. The van der Waals surface area contributed by atoms with E-state index < -0.39 is 46.7 Å². The van der Waals surface area contributed by atoms with Crippen LogP contribution in [0.5, 0.6) is 23.0 Å². The van der Waals surface area contributed by atoms with E-state index in [2.05, 4.69) is 39.3 Å². The summed E-state index contributed by atoms with van der Waals surface area (Å²) in [5, 5.41) is 32.4. The van der Waals surface area contributed by atoms with E-state index in [0.717, 1.165) is 12.1 Å². The van der Waals surface area contributed by atoms with E-state index in [1.54, 1.807) is 29.2 Å². The Bertz CT molecular complexity index is 1860. The summed E-state index contributed by atoms with van der Waals surface area (Å²) in [6, 6.07) is 6.84. The second-order valence-electron chi connectivity index (χ2n) is 18.2. The molecule has 59 heavy (non-hydrogen) atoms. The summed E-state index contributed by atoms with van der Waals surface area (Å²) in [7, 11) is 0.171. The topological polar surface area (TPSA) is 180 Å². The number of rotatable bonds is 18. The maximum absolute atomic E-state index is 14.0. The molecule has 3 amide bonds. The molecule has 6 rings (SSSR count). The maximum Gasteiger partial charge on any atom is 0.256 e. The largest absolute Gasteiger partial charge is 0.493 e. The zero-order valence-electron chi connectivity index (χ0n) is 35.7. The summed E-state index contributed by atoms with van der Waals surface area (Å²) in [5.74, 6) is 0.364. The van der Waals surface area contributed by atoms with Gasteiger partial charge in [-0.25, -0.2) is 0 Å². The molecule has 2 aromatic rings. The zero-order valence-corrected chi connectivity index (χ0v) is 37.7. The summed E-state index contributed by atoms with van der Waals surface area (Å²) in [6.07, 6.45) is -1.98. The number of aliphatic hydroxyl groups excluding tert-OH is 3. The van der Waals surface area contributed by atoms with Crippen molar-refractivity contribution < 1.29 is 58.1 Å². The lowest BCUT2D eigenvalue weighted by Crippen LogP contribution is -2.45. The number of amides is 3. The van der Waals surface area contributed by atoms with Gasteiger partial charge in [0.1, 0.15) is 25.7 Å². The van der Waals surface area contributed by atoms with E-state index in [-0.39, 0.29) is 75.9 Å². The Labute approximate surface area is 348 Å². The second-order valence-corrected chi connectivity index (χ2v) is 29.4. The van der Waals surface area contributed by atoms with Crippen LogP contribution in [0, 0.1) is 0 Å². The summed E-state index contributed by atoms with van der Waals surface area (Å²) in [5.41, 5.74) is 1.48. The maximum atomic E-state index is 14.0.